The molecule has 1 aromatic carbocycles. The average molecular weight is 297 g/mol. The normalized spacial score (nSPS) is 24.0. The van der Waals surface area contributed by atoms with Crippen LogP contribution in [0.1, 0.15) is 50.6 Å². The van der Waals surface area contributed by atoms with E-state index in [4.69, 9.17) is 4.74 Å². The Morgan fingerprint density at radius 1 is 1.29 bits per heavy atom. The number of likely N-dealkylation sites (N-methyl/N-ethyl adjacent to an activating group) is 1. The van der Waals surface area contributed by atoms with Crippen LogP contribution in [0.25, 0.3) is 0 Å². The molecule has 4 heteroatoms. The molecule has 1 aliphatic carbocycles. The van der Waals surface area contributed by atoms with E-state index in [1.54, 1.807) is 13.1 Å². The fourth-order valence-corrected chi connectivity index (χ4v) is 3.20. The van der Waals surface area contributed by atoms with Crippen molar-refractivity contribution in [1.82, 2.24) is 5.32 Å². The lowest BCUT2D eigenvalue weighted by Gasteiger charge is -2.32. The monoisotopic (exact) mass is 297 g/mol. The second-order valence-electron chi connectivity index (χ2n) is 5.81. The van der Waals surface area contributed by atoms with Gasteiger partial charge in [0.15, 0.2) is 11.6 Å². The molecule has 0 bridgehead atoms. The van der Waals surface area contributed by atoms with Gasteiger partial charge in [-0.05, 0) is 31.9 Å². The minimum Gasteiger partial charge on any atom is -0.376 e. The van der Waals surface area contributed by atoms with Crippen LogP contribution in [-0.4, -0.2) is 19.8 Å². The van der Waals surface area contributed by atoms with Crippen LogP contribution < -0.4 is 5.32 Å². The van der Waals surface area contributed by atoms with E-state index >= 15 is 0 Å². The van der Waals surface area contributed by atoms with E-state index in [-0.39, 0.29) is 12.1 Å². The third-order valence-electron chi connectivity index (χ3n) is 4.55. The second kappa shape index (κ2) is 7.85. The van der Waals surface area contributed by atoms with Crippen molar-refractivity contribution in [2.24, 2.45) is 5.92 Å². The summed E-state index contributed by atoms with van der Waals surface area (Å²) in [6, 6.07) is 3.97. The molecule has 0 spiro atoms. The van der Waals surface area contributed by atoms with Gasteiger partial charge < -0.3 is 10.1 Å². The van der Waals surface area contributed by atoms with Crippen molar-refractivity contribution in [3.8, 4) is 0 Å². The number of hydrogen-bond acceptors (Lipinski definition) is 2. The zero-order valence-electron chi connectivity index (χ0n) is 12.9. The highest BCUT2D eigenvalue weighted by Crippen LogP contribution is 2.30. The topological polar surface area (TPSA) is 21.3 Å². The fourth-order valence-electron chi connectivity index (χ4n) is 3.20. The Morgan fingerprint density at radius 2 is 2.05 bits per heavy atom. The molecule has 1 aliphatic rings. The predicted molar refractivity (Wildman–Crippen MR) is 80.1 cm³/mol. The lowest BCUT2D eigenvalue weighted by atomic mass is 9.85. The van der Waals surface area contributed by atoms with Crippen LogP contribution in [0.2, 0.25) is 0 Å². The smallest absolute Gasteiger partial charge is 0.163 e. The van der Waals surface area contributed by atoms with E-state index < -0.39 is 11.6 Å². The van der Waals surface area contributed by atoms with Crippen LogP contribution in [0.15, 0.2) is 18.2 Å². The zero-order chi connectivity index (χ0) is 15.2. The van der Waals surface area contributed by atoms with E-state index in [0.29, 0.717) is 18.1 Å². The largest absolute Gasteiger partial charge is 0.376 e. The molecular weight excluding hydrogens is 272 g/mol. The van der Waals surface area contributed by atoms with Crippen LogP contribution in [-0.2, 0) is 4.74 Å². The Hall–Kier alpha value is -1.00. The molecule has 21 heavy (non-hydrogen) atoms. The van der Waals surface area contributed by atoms with Gasteiger partial charge in [0.25, 0.3) is 0 Å². The average Bonchev–Trinajstić information content (AvgIpc) is 2.52. The van der Waals surface area contributed by atoms with Gasteiger partial charge in [-0.25, -0.2) is 8.78 Å². The lowest BCUT2D eigenvalue weighted by molar-refractivity contribution is -0.0214. The zero-order valence-corrected chi connectivity index (χ0v) is 12.9. The van der Waals surface area contributed by atoms with Crippen LogP contribution in [0, 0.1) is 17.6 Å². The molecule has 0 amide bonds. The Bertz CT molecular complexity index is 452. The van der Waals surface area contributed by atoms with Crippen molar-refractivity contribution >= 4 is 0 Å². The van der Waals surface area contributed by atoms with E-state index in [2.05, 4.69) is 12.2 Å². The second-order valence-corrected chi connectivity index (χ2v) is 5.81. The Labute approximate surface area is 125 Å². The minimum atomic E-state index is -0.808. The Balaban J connectivity index is 2.00. The summed E-state index contributed by atoms with van der Waals surface area (Å²) in [5, 5.41) is 3.03. The Kier molecular flexibility index (Phi) is 6.12. The molecule has 0 radical (unpaired) electrons. The van der Waals surface area contributed by atoms with Gasteiger partial charge in [0.1, 0.15) is 0 Å². The highest BCUT2D eigenvalue weighted by molar-refractivity contribution is 5.22. The first-order chi connectivity index (χ1) is 10.2. The summed E-state index contributed by atoms with van der Waals surface area (Å²) in [5.74, 6) is -0.999. The molecule has 0 heterocycles. The SMILES string of the molecule is CCC1CCCCC1OCC(NC)c1cccc(F)c1F. The summed E-state index contributed by atoms with van der Waals surface area (Å²) in [4.78, 5) is 0. The van der Waals surface area contributed by atoms with Gasteiger partial charge in [0.2, 0.25) is 0 Å². The minimum absolute atomic E-state index is 0.247. The van der Waals surface area contributed by atoms with Crippen molar-refractivity contribution in [1.29, 1.82) is 0 Å². The van der Waals surface area contributed by atoms with Crippen molar-refractivity contribution in [3.63, 3.8) is 0 Å². The van der Waals surface area contributed by atoms with Gasteiger partial charge in [-0.3, -0.25) is 0 Å². The first-order valence-electron chi connectivity index (χ1n) is 7.90. The highest BCUT2D eigenvalue weighted by atomic mass is 19.2. The van der Waals surface area contributed by atoms with Gasteiger partial charge in [0, 0.05) is 5.56 Å². The highest BCUT2D eigenvalue weighted by Gasteiger charge is 2.26. The number of ether oxygens (including phenoxy) is 1. The van der Waals surface area contributed by atoms with Crippen LogP contribution in [0.5, 0.6) is 0 Å². The fraction of sp³-hybridized carbons (Fsp3) is 0.647. The molecule has 0 aliphatic heterocycles. The van der Waals surface area contributed by atoms with E-state index in [1.165, 1.54) is 25.3 Å². The molecule has 1 aromatic rings. The molecule has 2 rings (SSSR count). The molecule has 0 aromatic heterocycles. The molecule has 1 N–H and O–H groups in total. The van der Waals surface area contributed by atoms with Gasteiger partial charge in [-0.1, -0.05) is 38.3 Å². The third-order valence-corrected chi connectivity index (χ3v) is 4.55. The van der Waals surface area contributed by atoms with Crippen molar-refractivity contribution in [2.75, 3.05) is 13.7 Å². The molecule has 3 atom stereocenters. The van der Waals surface area contributed by atoms with Crippen LogP contribution >= 0.6 is 0 Å². The maximum absolute atomic E-state index is 13.9. The van der Waals surface area contributed by atoms with Gasteiger partial charge in [-0.2, -0.15) is 0 Å². The molecule has 0 saturated heterocycles. The van der Waals surface area contributed by atoms with Crippen molar-refractivity contribution < 1.29 is 13.5 Å². The van der Waals surface area contributed by atoms with Crippen molar-refractivity contribution in [3.05, 3.63) is 35.4 Å². The quantitative estimate of drug-likeness (QED) is 0.849. The summed E-state index contributed by atoms with van der Waals surface area (Å²) in [6.07, 6.45) is 6.10. The predicted octanol–water partition coefficient (Wildman–Crippen LogP) is 4.21. The number of halogens is 2. The summed E-state index contributed by atoms with van der Waals surface area (Å²) in [6.45, 7) is 2.56. The first kappa shape index (κ1) is 16.4. The Morgan fingerprint density at radius 3 is 2.76 bits per heavy atom. The summed E-state index contributed by atoms with van der Waals surface area (Å²) < 4.78 is 33.3. The number of hydrogen-bond donors (Lipinski definition) is 1. The molecular formula is C17H25F2NO. The number of rotatable bonds is 6. The third kappa shape index (κ3) is 4.01. The molecule has 1 fully saturated rings. The number of benzene rings is 1. The standard InChI is InChI=1S/C17H25F2NO/c1-3-12-7-4-5-10-16(12)21-11-15(20-2)13-8-6-9-14(18)17(13)19/h6,8-9,12,15-16,20H,3-5,7,10-11H2,1-2H3. The van der Waals surface area contributed by atoms with Gasteiger partial charge >= 0.3 is 0 Å². The van der Waals surface area contributed by atoms with Crippen molar-refractivity contribution in [2.45, 2.75) is 51.2 Å². The van der Waals surface area contributed by atoms with Gasteiger partial charge in [0.05, 0.1) is 18.8 Å². The summed E-state index contributed by atoms with van der Waals surface area (Å²) >= 11 is 0. The molecule has 3 unspecified atom stereocenters. The summed E-state index contributed by atoms with van der Waals surface area (Å²) in [7, 11) is 1.75. The van der Waals surface area contributed by atoms with Crippen LogP contribution in [0.3, 0.4) is 0 Å². The van der Waals surface area contributed by atoms with Gasteiger partial charge in [-0.15, -0.1) is 0 Å². The van der Waals surface area contributed by atoms with E-state index in [9.17, 15) is 8.78 Å². The van der Waals surface area contributed by atoms with E-state index in [1.807, 2.05) is 0 Å². The molecule has 1 saturated carbocycles. The van der Waals surface area contributed by atoms with Crippen LogP contribution in [0.4, 0.5) is 8.78 Å². The summed E-state index contributed by atoms with van der Waals surface area (Å²) in [5.41, 5.74) is 0.335. The maximum Gasteiger partial charge on any atom is 0.163 e. The maximum atomic E-state index is 13.9. The molecule has 118 valence electrons. The van der Waals surface area contributed by atoms with E-state index in [0.717, 1.165) is 18.9 Å². The first-order valence-corrected chi connectivity index (χ1v) is 7.90. The number of nitrogens with one attached hydrogen (secondary N) is 1. The molecule has 2 nitrogen and oxygen atoms in total. The lowest BCUT2D eigenvalue weighted by Crippen LogP contribution is -2.31.